The smallest absolute Gasteiger partial charge is 0.418 e. The number of halogens is 4. The van der Waals surface area contributed by atoms with Crippen LogP contribution in [-0.2, 0) is 6.18 Å². The van der Waals surface area contributed by atoms with Crippen LogP contribution in [-0.4, -0.2) is 17.9 Å². The molecule has 1 amide bonds. The average Bonchev–Trinajstić information content (AvgIpc) is 2.54. The fraction of sp³-hybridized carbons (Fsp3) is 0.133. The Bertz CT molecular complexity index is 840. The van der Waals surface area contributed by atoms with Crippen LogP contribution in [0, 0.1) is 13.7 Å². The van der Waals surface area contributed by atoms with Crippen molar-refractivity contribution in [3.63, 3.8) is 0 Å². The van der Waals surface area contributed by atoms with Gasteiger partial charge in [0.2, 0.25) is 0 Å². The molecule has 0 fully saturated rings. The summed E-state index contributed by atoms with van der Waals surface area (Å²) in [6.07, 6.45) is -4.66. The third-order valence-electron chi connectivity index (χ3n) is 3.17. The average molecular weight is 466 g/mol. The van der Waals surface area contributed by atoms with Crippen LogP contribution in [0.3, 0.4) is 0 Å². The molecule has 2 aromatic carbocycles. The van der Waals surface area contributed by atoms with Gasteiger partial charge in [0.1, 0.15) is 0 Å². The van der Waals surface area contributed by atoms with Gasteiger partial charge in [-0.2, -0.15) is 13.2 Å². The molecule has 0 heterocycles. The summed E-state index contributed by atoms with van der Waals surface area (Å²) >= 11 is 1.73. The van der Waals surface area contributed by atoms with Crippen molar-refractivity contribution in [1.82, 2.24) is 0 Å². The zero-order chi connectivity index (χ0) is 18.8. The van der Waals surface area contributed by atoms with Crippen LogP contribution in [0.2, 0.25) is 0 Å². The molecule has 0 bridgehead atoms. The highest BCUT2D eigenvalue weighted by Gasteiger charge is 2.34. The fourth-order valence-electron chi connectivity index (χ4n) is 2.03. The standard InChI is InChI=1S/C15H10F3IN2O4/c1-25-13-5-2-8(6-12(13)21(23)24)14(22)20-11-4-3-9(19)7-10(11)15(16,17)18/h2-7H,1H3,(H,20,22). The molecule has 10 heteroatoms. The highest BCUT2D eigenvalue weighted by molar-refractivity contribution is 14.1. The summed E-state index contributed by atoms with van der Waals surface area (Å²) in [5.41, 5.74) is -2.07. The second kappa shape index (κ2) is 7.25. The SMILES string of the molecule is COc1ccc(C(=O)Nc2ccc(I)cc2C(F)(F)F)cc1[N+](=O)[O-]. The Balaban J connectivity index is 2.38. The van der Waals surface area contributed by atoms with E-state index in [0.29, 0.717) is 3.57 Å². The molecule has 6 nitrogen and oxygen atoms in total. The number of nitro groups is 1. The molecule has 0 aliphatic rings. The van der Waals surface area contributed by atoms with Gasteiger partial charge in [0.25, 0.3) is 5.91 Å². The van der Waals surface area contributed by atoms with Gasteiger partial charge in [-0.3, -0.25) is 14.9 Å². The van der Waals surface area contributed by atoms with Crippen molar-refractivity contribution in [3.8, 4) is 5.75 Å². The first-order valence-corrected chi connectivity index (χ1v) is 7.72. The number of alkyl halides is 3. The first kappa shape index (κ1) is 19.0. The number of ether oxygens (including phenoxy) is 1. The molecule has 2 rings (SSSR count). The Kier molecular flexibility index (Phi) is 5.50. The number of anilines is 1. The lowest BCUT2D eigenvalue weighted by Gasteiger charge is -2.14. The van der Waals surface area contributed by atoms with Crippen molar-refractivity contribution in [2.24, 2.45) is 0 Å². The molecule has 0 saturated carbocycles. The minimum absolute atomic E-state index is 0.0632. The minimum Gasteiger partial charge on any atom is -0.490 e. The van der Waals surface area contributed by atoms with E-state index in [2.05, 4.69) is 5.32 Å². The molecule has 0 radical (unpaired) electrons. The third kappa shape index (κ3) is 4.38. The van der Waals surface area contributed by atoms with Crippen molar-refractivity contribution in [3.05, 3.63) is 61.2 Å². The van der Waals surface area contributed by atoms with E-state index in [4.69, 9.17) is 4.74 Å². The number of hydrogen-bond donors (Lipinski definition) is 1. The van der Waals surface area contributed by atoms with Crippen LogP contribution in [0.25, 0.3) is 0 Å². The van der Waals surface area contributed by atoms with E-state index in [1.165, 1.54) is 25.3 Å². The van der Waals surface area contributed by atoms with Gasteiger partial charge < -0.3 is 10.1 Å². The molecule has 0 saturated heterocycles. The number of nitro benzene ring substituents is 1. The number of benzene rings is 2. The van der Waals surface area contributed by atoms with E-state index in [9.17, 15) is 28.1 Å². The Labute approximate surface area is 153 Å². The molecule has 1 N–H and O–H groups in total. The van der Waals surface area contributed by atoms with Gasteiger partial charge in [0.05, 0.1) is 23.3 Å². The highest BCUT2D eigenvalue weighted by atomic mass is 127. The van der Waals surface area contributed by atoms with E-state index in [0.717, 1.165) is 18.2 Å². The predicted octanol–water partition coefficient (Wildman–Crippen LogP) is 4.48. The zero-order valence-electron chi connectivity index (χ0n) is 12.6. The molecular formula is C15H10F3IN2O4. The van der Waals surface area contributed by atoms with E-state index >= 15 is 0 Å². The van der Waals surface area contributed by atoms with Crippen molar-refractivity contribution in [2.75, 3.05) is 12.4 Å². The molecule has 0 spiro atoms. The van der Waals surface area contributed by atoms with Gasteiger partial charge in [-0.25, -0.2) is 0 Å². The predicted molar refractivity (Wildman–Crippen MR) is 91.8 cm³/mol. The number of carbonyl (C=O) groups excluding carboxylic acids is 1. The molecule has 0 aromatic heterocycles. The lowest BCUT2D eigenvalue weighted by atomic mass is 10.1. The van der Waals surface area contributed by atoms with E-state index in [1.54, 1.807) is 22.6 Å². The number of amides is 1. The first-order chi connectivity index (χ1) is 11.6. The topological polar surface area (TPSA) is 81.5 Å². The minimum atomic E-state index is -4.66. The lowest BCUT2D eigenvalue weighted by molar-refractivity contribution is -0.385. The van der Waals surface area contributed by atoms with Crippen LogP contribution in [0.15, 0.2) is 36.4 Å². The molecule has 132 valence electrons. The summed E-state index contributed by atoms with van der Waals surface area (Å²) in [6.45, 7) is 0. The number of rotatable bonds is 4. The van der Waals surface area contributed by atoms with Crippen molar-refractivity contribution in [1.29, 1.82) is 0 Å². The van der Waals surface area contributed by atoms with Crippen molar-refractivity contribution >= 4 is 39.9 Å². The van der Waals surface area contributed by atoms with Crippen LogP contribution in [0.4, 0.5) is 24.5 Å². The van der Waals surface area contributed by atoms with E-state index in [-0.39, 0.29) is 11.3 Å². The Morgan fingerprint density at radius 1 is 1.24 bits per heavy atom. The third-order valence-corrected chi connectivity index (χ3v) is 3.84. The number of hydrogen-bond acceptors (Lipinski definition) is 4. The van der Waals surface area contributed by atoms with Gasteiger partial charge in [0, 0.05) is 15.2 Å². The first-order valence-electron chi connectivity index (χ1n) is 6.64. The van der Waals surface area contributed by atoms with Crippen LogP contribution in [0.1, 0.15) is 15.9 Å². The second-order valence-electron chi connectivity index (χ2n) is 4.79. The monoisotopic (exact) mass is 466 g/mol. The Morgan fingerprint density at radius 2 is 1.92 bits per heavy atom. The number of nitrogens with zero attached hydrogens (tertiary/aromatic N) is 1. The summed E-state index contributed by atoms with van der Waals surface area (Å²) in [7, 11) is 1.23. The molecule has 25 heavy (non-hydrogen) atoms. The molecule has 0 unspecified atom stereocenters. The number of methoxy groups -OCH3 is 1. The Morgan fingerprint density at radius 3 is 2.48 bits per heavy atom. The summed E-state index contributed by atoms with van der Waals surface area (Å²) in [5, 5.41) is 13.1. The summed E-state index contributed by atoms with van der Waals surface area (Å²) in [4.78, 5) is 22.4. The van der Waals surface area contributed by atoms with Gasteiger partial charge in [0.15, 0.2) is 5.75 Å². The van der Waals surface area contributed by atoms with Gasteiger partial charge in [-0.05, 0) is 52.9 Å². The molecule has 2 aromatic rings. The summed E-state index contributed by atoms with van der Waals surface area (Å²) < 4.78 is 44.4. The molecule has 0 aliphatic carbocycles. The normalized spacial score (nSPS) is 11.1. The van der Waals surface area contributed by atoms with Crippen molar-refractivity contribution < 1.29 is 27.6 Å². The Hall–Kier alpha value is -2.37. The number of nitrogens with one attached hydrogen (secondary N) is 1. The van der Waals surface area contributed by atoms with Gasteiger partial charge in [-0.1, -0.05) is 0 Å². The highest BCUT2D eigenvalue weighted by Crippen LogP contribution is 2.36. The summed E-state index contributed by atoms with van der Waals surface area (Å²) in [6, 6.07) is 6.79. The van der Waals surface area contributed by atoms with E-state index in [1.807, 2.05) is 0 Å². The maximum atomic E-state index is 13.1. The van der Waals surface area contributed by atoms with Crippen molar-refractivity contribution in [2.45, 2.75) is 6.18 Å². The summed E-state index contributed by atoms with van der Waals surface area (Å²) in [5.74, 6) is -0.968. The molecule has 0 aliphatic heterocycles. The fourth-order valence-corrected chi connectivity index (χ4v) is 2.52. The maximum Gasteiger partial charge on any atom is 0.418 e. The van der Waals surface area contributed by atoms with E-state index < -0.39 is 33.9 Å². The second-order valence-corrected chi connectivity index (χ2v) is 6.03. The number of carbonyl (C=O) groups is 1. The quantitative estimate of drug-likeness (QED) is 0.410. The largest absolute Gasteiger partial charge is 0.490 e. The lowest BCUT2D eigenvalue weighted by Crippen LogP contribution is -2.17. The maximum absolute atomic E-state index is 13.1. The molecule has 0 atom stereocenters. The molecular weight excluding hydrogens is 456 g/mol. The van der Waals surface area contributed by atoms with Crippen LogP contribution in [0.5, 0.6) is 5.75 Å². The van der Waals surface area contributed by atoms with Gasteiger partial charge >= 0.3 is 11.9 Å². The van der Waals surface area contributed by atoms with Gasteiger partial charge in [-0.15, -0.1) is 0 Å². The zero-order valence-corrected chi connectivity index (χ0v) is 14.7. The van der Waals surface area contributed by atoms with Crippen LogP contribution >= 0.6 is 22.6 Å². The van der Waals surface area contributed by atoms with Crippen LogP contribution < -0.4 is 10.1 Å².